The maximum absolute atomic E-state index is 13.8. The summed E-state index contributed by atoms with van der Waals surface area (Å²) >= 11 is 1.68. The predicted octanol–water partition coefficient (Wildman–Crippen LogP) is 4.23. The summed E-state index contributed by atoms with van der Waals surface area (Å²) < 4.78 is 17.0. The molecule has 3 aromatic heterocycles. The number of fused-ring (bicyclic) bond motifs is 1. The van der Waals surface area contributed by atoms with Gasteiger partial charge in [0.1, 0.15) is 6.17 Å². The Balaban J connectivity index is 1.48. The van der Waals surface area contributed by atoms with Crippen LogP contribution in [-0.4, -0.2) is 63.3 Å². The lowest BCUT2D eigenvalue weighted by Crippen LogP contribution is -2.35. The molecule has 0 aliphatic carbocycles. The van der Waals surface area contributed by atoms with Gasteiger partial charge in [0.15, 0.2) is 5.65 Å². The summed E-state index contributed by atoms with van der Waals surface area (Å²) in [5.41, 5.74) is 3.92. The van der Waals surface area contributed by atoms with Crippen molar-refractivity contribution in [2.45, 2.75) is 45.3 Å². The first-order valence-electron chi connectivity index (χ1n) is 11.7. The van der Waals surface area contributed by atoms with Crippen LogP contribution in [-0.2, 0) is 0 Å². The SMILES string of the molecule is Cc1ccc(-c2cnc3c(N4CCC(F)CC4)cc(C(=O)NCC4=CCC(C)[N+](O)=C4)cn23)s1. The average molecular weight is 483 g/mol. The van der Waals surface area contributed by atoms with E-state index in [0.29, 0.717) is 38.0 Å². The van der Waals surface area contributed by atoms with Gasteiger partial charge in [0, 0.05) is 49.6 Å². The summed E-state index contributed by atoms with van der Waals surface area (Å²) in [4.78, 5) is 22.3. The Bertz CT molecular complexity index is 1290. The molecule has 0 radical (unpaired) electrons. The van der Waals surface area contributed by atoms with Gasteiger partial charge in [-0.15, -0.1) is 11.3 Å². The van der Waals surface area contributed by atoms with Crippen LogP contribution in [0.1, 0.15) is 41.4 Å². The number of hydrogen-bond acceptors (Lipinski definition) is 5. The Morgan fingerprint density at radius 1 is 1.35 bits per heavy atom. The van der Waals surface area contributed by atoms with E-state index in [4.69, 9.17) is 0 Å². The number of aromatic nitrogens is 2. The number of nitrogens with zero attached hydrogens (tertiary/aromatic N) is 4. The molecule has 5 rings (SSSR count). The summed E-state index contributed by atoms with van der Waals surface area (Å²) in [6.45, 7) is 5.50. The molecule has 1 unspecified atom stereocenters. The largest absolute Gasteiger partial charge is 0.368 e. The Labute approximate surface area is 201 Å². The number of rotatable bonds is 5. The molecule has 2 N–H and O–H groups in total. The Kier molecular flexibility index (Phi) is 6.12. The summed E-state index contributed by atoms with van der Waals surface area (Å²) in [5.74, 6) is -0.206. The zero-order valence-electron chi connectivity index (χ0n) is 19.4. The molecule has 2 aliphatic heterocycles. The third-order valence-electron chi connectivity index (χ3n) is 6.53. The van der Waals surface area contributed by atoms with Gasteiger partial charge in [-0.1, -0.05) is 6.08 Å². The number of hydroxylamine groups is 1. The van der Waals surface area contributed by atoms with Gasteiger partial charge in [0.05, 0.1) is 28.0 Å². The van der Waals surface area contributed by atoms with Crippen LogP contribution in [0.2, 0.25) is 0 Å². The molecular weight excluding hydrogens is 453 g/mol. The number of piperidine rings is 1. The smallest absolute Gasteiger partial charge is 0.253 e. The third-order valence-corrected chi connectivity index (χ3v) is 7.55. The van der Waals surface area contributed by atoms with E-state index in [1.165, 1.54) is 9.62 Å². The standard InChI is InChI=1S/C25H28FN5O2S/c1-16-3-5-18(14-31(16)33)12-28-25(32)19-11-21(29-9-7-20(26)8-10-29)24-27-13-22(30(24)15-19)23-6-4-17(2)34-23/h4-6,11,13-16,20H,3,7-10,12H2,1-2H3,(H-,28,32,33)/p+1. The van der Waals surface area contributed by atoms with Gasteiger partial charge in [-0.25, -0.2) is 9.37 Å². The first-order valence-corrected chi connectivity index (χ1v) is 12.5. The minimum absolute atomic E-state index is 0.0263. The van der Waals surface area contributed by atoms with E-state index in [2.05, 4.69) is 34.3 Å². The molecule has 9 heteroatoms. The van der Waals surface area contributed by atoms with Crippen LogP contribution >= 0.6 is 11.3 Å². The van der Waals surface area contributed by atoms with Crippen LogP contribution < -0.4 is 10.2 Å². The van der Waals surface area contributed by atoms with Crippen molar-refractivity contribution in [2.24, 2.45) is 0 Å². The highest BCUT2D eigenvalue weighted by molar-refractivity contribution is 7.15. The maximum atomic E-state index is 13.8. The van der Waals surface area contributed by atoms with Gasteiger partial charge in [0.25, 0.3) is 5.91 Å². The number of hydrogen-bond donors (Lipinski definition) is 2. The minimum atomic E-state index is -0.781. The number of nitrogens with one attached hydrogen (secondary N) is 1. The number of halogens is 1. The van der Waals surface area contributed by atoms with E-state index < -0.39 is 6.17 Å². The maximum Gasteiger partial charge on any atom is 0.253 e. The van der Waals surface area contributed by atoms with E-state index in [0.717, 1.165) is 33.9 Å². The van der Waals surface area contributed by atoms with E-state index in [1.807, 2.05) is 35.9 Å². The number of pyridine rings is 1. The zero-order chi connectivity index (χ0) is 23.8. The fraction of sp³-hybridized carbons (Fsp3) is 0.400. The number of aryl methyl sites for hydroxylation is 1. The molecule has 0 spiro atoms. The molecule has 1 atom stereocenters. The minimum Gasteiger partial charge on any atom is -0.368 e. The Hall–Kier alpha value is -3.20. The Morgan fingerprint density at radius 3 is 2.85 bits per heavy atom. The van der Waals surface area contributed by atoms with Crippen LogP contribution in [0.25, 0.3) is 16.2 Å². The lowest BCUT2D eigenvalue weighted by molar-refractivity contribution is -0.794. The van der Waals surface area contributed by atoms with Crippen molar-refractivity contribution in [3.63, 3.8) is 0 Å². The second kappa shape index (κ2) is 9.21. The second-order valence-electron chi connectivity index (χ2n) is 9.08. The molecule has 34 heavy (non-hydrogen) atoms. The van der Waals surface area contributed by atoms with Gasteiger partial charge in [-0.05, 0) is 42.7 Å². The van der Waals surface area contributed by atoms with Crippen molar-refractivity contribution < 1.29 is 19.1 Å². The van der Waals surface area contributed by atoms with Crippen molar-refractivity contribution in [1.82, 2.24) is 14.7 Å². The highest BCUT2D eigenvalue weighted by atomic mass is 32.1. The predicted molar refractivity (Wildman–Crippen MR) is 132 cm³/mol. The third kappa shape index (κ3) is 4.44. The van der Waals surface area contributed by atoms with E-state index in [-0.39, 0.29) is 11.9 Å². The van der Waals surface area contributed by atoms with E-state index in [1.54, 1.807) is 17.6 Å². The molecule has 178 valence electrons. The first kappa shape index (κ1) is 22.6. The summed E-state index contributed by atoms with van der Waals surface area (Å²) in [6, 6.07) is 6.03. The lowest BCUT2D eigenvalue weighted by Gasteiger charge is -2.31. The van der Waals surface area contributed by atoms with Gasteiger partial charge in [-0.2, -0.15) is 0 Å². The van der Waals surface area contributed by atoms with Crippen molar-refractivity contribution in [3.8, 4) is 10.6 Å². The van der Waals surface area contributed by atoms with Crippen molar-refractivity contribution >= 4 is 34.8 Å². The number of thiophene rings is 1. The monoisotopic (exact) mass is 482 g/mol. The summed E-state index contributed by atoms with van der Waals surface area (Å²) in [6.07, 6.45) is 8.23. The van der Waals surface area contributed by atoms with Crippen molar-refractivity contribution in [2.75, 3.05) is 24.5 Å². The fourth-order valence-electron chi connectivity index (χ4n) is 4.45. The molecule has 5 heterocycles. The second-order valence-corrected chi connectivity index (χ2v) is 10.4. The first-order chi connectivity index (χ1) is 16.4. The molecule has 0 bridgehead atoms. The van der Waals surface area contributed by atoms with Gasteiger partial charge in [0.2, 0.25) is 12.3 Å². The molecule has 1 saturated heterocycles. The highest BCUT2D eigenvalue weighted by Crippen LogP contribution is 2.33. The van der Waals surface area contributed by atoms with Crippen LogP contribution in [0, 0.1) is 6.92 Å². The zero-order valence-corrected chi connectivity index (χ0v) is 20.2. The number of anilines is 1. The van der Waals surface area contributed by atoms with Crippen molar-refractivity contribution in [3.05, 3.63) is 52.7 Å². The van der Waals surface area contributed by atoms with Crippen LogP contribution in [0.3, 0.4) is 0 Å². The molecule has 3 aromatic rings. The molecule has 1 amide bonds. The van der Waals surface area contributed by atoms with Gasteiger partial charge >= 0.3 is 0 Å². The molecule has 0 aromatic carbocycles. The van der Waals surface area contributed by atoms with Crippen LogP contribution in [0.5, 0.6) is 0 Å². The average Bonchev–Trinajstić information content (AvgIpc) is 3.45. The van der Waals surface area contributed by atoms with Gasteiger partial charge in [-0.3, -0.25) is 14.4 Å². The molecule has 7 nitrogen and oxygen atoms in total. The normalized spacial score (nSPS) is 19.3. The molecule has 0 saturated carbocycles. The molecule has 2 aliphatic rings. The molecular formula is C25H29FN5O2S+. The quantitative estimate of drug-likeness (QED) is 0.422. The van der Waals surface area contributed by atoms with Crippen LogP contribution in [0.4, 0.5) is 10.1 Å². The number of carbonyl (C=O) groups excluding carboxylic acids is 1. The van der Waals surface area contributed by atoms with E-state index >= 15 is 0 Å². The highest BCUT2D eigenvalue weighted by Gasteiger charge is 2.24. The van der Waals surface area contributed by atoms with E-state index in [9.17, 15) is 14.4 Å². The van der Waals surface area contributed by atoms with Crippen LogP contribution in [0.15, 0.2) is 42.2 Å². The summed E-state index contributed by atoms with van der Waals surface area (Å²) in [7, 11) is 0. The number of carbonyl (C=O) groups is 1. The van der Waals surface area contributed by atoms with Gasteiger partial charge < -0.3 is 10.2 Å². The topological polar surface area (TPSA) is 72.9 Å². The fourth-order valence-corrected chi connectivity index (χ4v) is 5.33. The Morgan fingerprint density at radius 2 is 2.15 bits per heavy atom. The summed E-state index contributed by atoms with van der Waals surface area (Å²) in [5, 5.41) is 12.9. The number of amides is 1. The number of imidazole rings is 1. The number of alkyl halides is 1. The lowest BCUT2D eigenvalue weighted by atomic mass is 10.1. The molecule has 1 fully saturated rings. The van der Waals surface area contributed by atoms with Crippen molar-refractivity contribution in [1.29, 1.82) is 0 Å².